The number of amides is 3. The van der Waals surface area contributed by atoms with Crippen LogP contribution >= 0.6 is 11.6 Å². The molecule has 3 aromatic rings. The minimum absolute atomic E-state index is 0.0188. The van der Waals surface area contributed by atoms with Crippen molar-refractivity contribution in [2.45, 2.75) is 155 Å². The number of ether oxygens (including phenoxy) is 4. The van der Waals surface area contributed by atoms with Crippen LogP contribution < -0.4 is 9.47 Å². The maximum Gasteiger partial charge on any atom is 0.411 e. The molecule has 2 unspecified atom stereocenters. The van der Waals surface area contributed by atoms with Gasteiger partial charge in [0.15, 0.2) is 19.9 Å². The van der Waals surface area contributed by atoms with Gasteiger partial charge in [-0.3, -0.25) is 9.69 Å². The van der Waals surface area contributed by atoms with Crippen molar-refractivity contribution in [3.8, 4) is 11.6 Å². The third kappa shape index (κ3) is 12.9. The zero-order valence-electron chi connectivity index (χ0n) is 41.3. The molecular formula is C51H69ClF2N4O8Si. The number of aryl methyl sites for hydroxylation is 1. The molecule has 16 heteroatoms. The number of rotatable bonds is 15. The highest BCUT2D eigenvalue weighted by Crippen LogP contribution is 2.43. The van der Waals surface area contributed by atoms with E-state index in [4.69, 9.17) is 35.0 Å². The smallest absolute Gasteiger partial charge is 0.411 e. The third-order valence-corrected chi connectivity index (χ3v) is 17.6. The molecular weight excluding hydrogens is 898 g/mol. The van der Waals surface area contributed by atoms with Gasteiger partial charge in [0.1, 0.15) is 28.6 Å². The lowest BCUT2D eigenvalue weighted by Gasteiger charge is -2.51. The van der Waals surface area contributed by atoms with Gasteiger partial charge in [0.05, 0.1) is 25.3 Å². The minimum Gasteiger partial charge on any atom is -0.489 e. The average Bonchev–Trinajstić information content (AvgIpc) is 4.07. The number of piperazine rings is 1. The third-order valence-electron chi connectivity index (χ3n) is 12.7. The summed E-state index contributed by atoms with van der Waals surface area (Å²) >= 11 is 5.96. The number of pyridine rings is 1. The van der Waals surface area contributed by atoms with Crippen LogP contribution in [0, 0.1) is 18.6 Å². The largest absolute Gasteiger partial charge is 0.489 e. The Balaban J connectivity index is 1.33. The van der Waals surface area contributed by atoms with E-state index >= 15 is 4.79 Å². The first-order valence-electron chi connectivity index (χ1n) is 23.3. The fourth-order valence-corrected chi connectivity index (χ4v) is 9.33. The summed E-state index contributed by atoms with van der Waals surface area (Å²) in [6, 6.07) is 10.3. The second kappa shape index (κ2) is 20.5. The lowest BCUT2D eigenvalue weighted by molar-refractivity contribution is -0.129. The predicted octanol–water partition coefficient (Wildman–Crippen LogP) is 11.3. The molecule has 2 fully saturated rings. The van der Waals surface area contributed by atoms with Crippen molar-refractivity contribution in [3.05, 3.63) is 93.1 Å². The quantitative estimate of drug-likeness (QED) is 0.0833. The first-order chi connectivity index (χ1) is 31.2. The molecule has 0 N–H and O–H groups in total. The Kier molecular flexibility index (Phi) is 15.8. The molecule has 1 saturated carbocycles. The van der Waals surface area contributed by atoms with E-state index in [0.29, 0.717) is 37.5 Å². The summed E-state index contributed by atoms with van der Waals surface area (Å²) in [6.45, 7) is 25.1. The molecule has 12 nitrogen and oxygen atoms in total. The molecule has 2 bridgehead atoms. The van der Waals surface area contributed by atoms with E-state index < -0.39 is 60.4 Å². The van der Waals surface area contributed by atoms with Gasteiger partial charge in [-0.25, -0.2) is 23.4 Å². The van der Waals surface area contributed by atoms with Crippen LogP contribution in [0.15, 0.2) is 54.2 Å². The molecule has 3 heterocycles. The second-order valence-electron chi connectivity index (χ2n) is 21.4. The first-order valence-corrected chi connectivity index (χ1v) is 26.6. The van der Waals surface area contributed by atoms with Crippen molar-refractivity contribution < 1.29 is 46.5 Å². The average molecular weight is 968 g/mol. The maximum atomic E-state index is 15.7. The van der Waals surface area contributed by atoms with Crippen molar-refractivity contribution in [2.75, 3.05) is 32.9 Å². The van der Waals surface area contributed by atoms with Crippen LogP contribution in [-0.2, 0) is 31.7 Å². The summed E-state index contributed by atoms with van der Waals surface area (Å²) in [5, 5.41) is -0.330. The summed E-state index contributed by atoms with van der Waals surface area (Å²) in [5.74, 6) is -1.56. The normalized spacial score (nSPS) is 17.9. The molecule has 6 rings (SSSR count). The van der Waals surface area contributed by atoms with Crippen LogP contribution in [0.5, 0.6) is 11.6 Å². The fourth-order valence-electron chi connectivity index (χ4n) is 8.10. The molecule has 2 aromatic carbocycles. The number of aromatic nitrogens is 1. The standard InChI is InChI=1S/C51H69ClF2N4O8Si/c1-32-35(23-24-55-45(32)63-26-27-64-67(11,12)51(8,9)10)29-57(36-19-20-36)46(59)42-38(34-17-15-33(16-18-34)14-13-25-62-44-40(54)22-21-39(53)43(44)52)28-37-30-56(47(60)65-49(2,3)4)31-41(42)58(37)48(61)66-50(5,6)7/h15-18,21-24,36-37,41H,13-14,19-20,25-31H2,1-12H3. The highest BCUT2D eigenvalue weighted by molar-refractivity contribution is 6.74. The molecule has 2 aliphatic heterocycles. The van der Waals surface area contributed by atoms with E-state index in [1.165, 1.54) is 0 Å². The van der Waals surface area contributed by atoms with Gasteiger partial charge < -0.3 is 33.2 Å². The van der Waals surface area contributed by atoms with Crippen molar-refractivity contribution in [1.29, 1.82) is 0 Å². The molecule has 1 saturated heterocycles. The van der Waals surface area contributed by atoms with Gasteiger partial charge in [0.25, 0.3) is 5.91 Å². The summed E-state index contributed by atoms with van der Waals surface area (Å²) < 4.78 is 58.2. The summed E-state index contributed by atoms with van der Waals surface area (Å²) in [6.07, 6.45) is 3.58. The predicted molar refractivity (Wildman–Crippen MR) is 258 cm³/mol. The Hall–Kier alpha value is -4.73. The Morgan fingerprint density at radius 2 is 1.48 bits per heavy atom. The molecule has 2 atom stereocenters. The molecule has 3 amide bonds. The summed E-state index contributed by atoms with van der Waals surface area (Å²) in [7, 11) is -1.97. The van der Waals surface area contributed by atoms with Gasteiger partial charge in [-0.1, -0.05) is 56.6 Å². The van der Waals surface area contributed by atoms with Crippen LogP contribution in [0.1, 0.15) is 110 Å². The number of carbonyl (C=O) groups excluding carboxylic acids is 3. The Morgan fingerprint density at radius 1 is 0.836 bits per heavy atom. The van der Waals surface area contributed by atoms with Gasteiger partial charge in [-0.15, -0.1) is 0 Å². The number of hydrogen-bond acceptors (Lipinski definition) is 9. The lowest BCUT2D eigenvalue weighted by atomic mass is 9.81. The Morgan fingerprint density at radius 3 is 2.10 bits per heavy atom. The fraction of sp³-hybridized carbons (Fsp3) is 0.569. The van der Waals surface area contributed by atoms with Crippen molar-refractivity contribution in [3.63, 3.8) is 0 Å². The van der Waals surface area contributed by atoms with Crippen LogP contribution in [0.3, 0.4) is 0 Å². The highest BCUT2D eigenvalue weighted by Gasteiger charge is 2.51. The van der Waals surface area contributed by atoms with Crippen LogP contribution in [0.4, 0.5) is 18.4 Å². The van der Waals surface area contributed by atoms with E-state index in [0.717, 1.165) is 52.8 Å². The minimum atomic E-state index is -1.97. The maximum absolute atomic E-state index is 15.7. The van der Waals surface area contributed by atoms with E-state index in [9.17, 15) is 18.4 Å². The number of carbonyl (C=O) groups is 3. The SMILES string of the molecule is Cc1c(CN(C(=O)C2=C(c3ccc(CCCOc4c(F)ccc(F)c4Cl)cc3)CC3CN(C(=O)OC(C)(C)C)CC2N3C(=O)OC(C)(C)C)C2CC2)ccnc1OCCO[Si](C)(C)C(C)(C)C. The lowest BCUT2D eigenvalue weighted by Crippen LogP contribution is -2.66. The zero-order chi connectivity index (χ0) is 49.2. The van der Waals surface area contributed by atoms with Crippen LogP contribution in [-0.4, -0.2) is 108 Å². The number of hydrogen-bond donors (Lipinski definition) is 0. The van der Waals surface area contributed by atoms with Gasteiger partial charge in [0, 0.05) is 43.0 Å². The number of halogens is 3. The second-order valence-corrected chi connectivity index (χ2v) is 26.6. The molecule has 1 aromatic heterocycles. The van der Waals surface area contributed by atoms with E-state index in [1.807, 2.05) is 42.2 Å². The number of nitrogens with zero attached hydrogens (tertiary/aromatic N) is 4. The molecule has 3 aliphatic rings. The topological polar surface area (TPSA) is 120 Å². The first kappa shape index (κ1) is 51.7. The van der Waals surface area contributed by atoms with E-state index in [2.05, 4.69) is 38.8 Å². The Labute approximate surface area is 401 Å². The van der Waals surface area contributed by atoms with Gasteiger partial charge in [-0.05, 0) is 139 Å². The molecule has 1 aliphatic carbocycles. The van der Waals surface area contributed by atoms with Crippen molar-refractivity contribution in [2.24, 2.45) is 0 Å². The zero-order valence-corrected chi connectivity index (χ0v) is 43.1. The monoisotopic (exact) mass is 966 g/mol. The Bertz CT molecular complexity index is 2320. The molecule has 366 valence electrons. The molecule has 0 spiro atoms. The van der Waals surface area contributed by atoms with Crippen LogP contribution in [0.25, 0.3) is 5.57 Å². The van der Waals surface area contributed by atoms with Gasteiger partial charge in [0.2, 0.25) is 5.88 Å². The summed E-state index contributed by atoms with van der Waals surface area (Å²) in [4.78, 5) is 53.4. The number of fused-ring (bicyclic) bond motifs is 2. The van der Waals surface area contributed by atoms with Gasteiger partial charge in [-0.2, -0.15) is 0 Å². The number of benzene rings is 2. The van der Waals surface area contributed by atoms with Crippen molar-refractivity contribution in [1.82, 2.24) is 19.7 Å². The van der Waals surface area contributed by atoms with Gasteiger partial charge >= 0.3 is 12.2 Å². The summed E-state index contributed by atoms with van der Waals surface area (Å²) in [5.41, 5.74) is 3.10. The van der Waals surface area contributed by atoms with E-state index in [-0.39, 0.29) is 55.4 Å². The van der Waals surface area contributed by atoms with Crippen molar-refractivity contribution >= 4 is 43.6 Å². The van der Waals surface area contributed by atoms with E-state index in [1.54, 1.807) is 57.5 Å². The molecule has 0 radical (unpaired) electrons. The molecule has 67 heavy (non-hydrogen) atoms. The van der Waals surface area contributed by atoms with Crippen LogP contribution in [0.2, 0.25) is 23.2 Å². The highest BCUT2D eigenvalue weighted by atomic mass is 35.5.